The summed E-state index contributed by atoms with van der Waals surface area (Å²) in [6.45, 7) is 13.4. The molecule has 1 amide bonds. The van der Waals surface area contributed by atoms with Crippen LogP contribution in [-0.4, -0.2) is 49.5 Å². The van der Waals surface area contributed by atoms with Crippen LogP contribution in [0.25, 0.3) is 0 Å². The standard InChI is InChI=1S/C42H83N3O/c1-39(2)31-26-22-18-14-10-6-8-12-16-20-24-28-33-41-43-36-38-45(41,5)37-30-35-44-42(46)34-29-25-21-17-13-9-7-11-15-19-23-27-32-40(3)4/h39-40H,6-38H2,1-5H3/p+1. The zero-order valence-electron chi connectivity index (χ0n) is 32.3. The number of nitrogens with one attached hydrogen (secondary N) is 1. The molecule has 0 radical (unpaired) electrons. The second-order valence-corrected chi connectivity index (χ2v) is 16.2. The van der Waals surface area contributed by atoms with Crippen molar-refractivity contribution in [2.75, 3.05) is 33.2 Å². The molecule has 0 spiro atoms. The van der Waals surface area contributed by atoms with E-state index < -0.39 is 0 Å². The fraction of sp³-hybridized carbons (Fsp3) is 0.952. The first-order valence-electron chi connectivity index (χ1n) is 21.0. The molecule has 0 saturated carbocycles. The summed E-state index contributed by atoms with van der Waals surface area (Å²) in [6.07, 6.45) is 38.9. The highest BCUT2D eigenvalue weighted by molar-refractivity contribution is 5.77. The number of aliphatic imine (C=N–C) groups is 1. The van der Waals surface area contributed by atoms with Crippen LogP contribution < -0.4 is 5.32 Å². The SMILES string of the molecule is CC(C)CCCCCCCCCCCCCCC(=O)NCCC[N+]1(C)CCN=C1CCCCCCCCCCCCCCC(C)C. The number of hydrogen-bond acceptors (Lipinski definition) is 2. The fourth-order valence-corrected chi connectivity index (χ4v) is 7.24. The van der Waals surface area contributed by atoms with Crippen molar-refractivity contribution in [2.24, 2.45) is 16.8 Å². The van der Waals surface area contributed by atoms with Gasteiger partial charge >= 0.3 is 0 Å². The zero-order chi connectivity index (χ0) is 33.6. The number of nitrogens with zero attached hydrogens (tertiary/aromatic N) is 2. The predicted molar refractivity (Wildman–Crippen MR) is 205 cm³/mol. The van der Waals surface area contributed by atoms with Crippen LogP contribution >= 0.6 is 0 Å². The van der Waals surface area contributed by atoms with E-state index >= 15 is 0 Å². The Hall–Kier alpha value is -0.900. The highest BCUT2D eigenvalue weighted by Gasteiger charge is 2.32. The summed E-state index contributed by atoms with van der Waals surface area (Å²) < 4.78 is 1.01. The van der Waals surface area contributed by atoms with Gasteiger partial charge in [0.05, 0.1) is 20.1 Å². The maximum absolute atomic E-state index is 12.3. The molecular formula is C42H84N3O+. The summed E-state index contributed by atoms with van der Waals surface area (Å²) in [7, 11) is 2.37. The molecule has 0 bridgehead atoms. The molecule has 1 aliphatic rings. The number of unbranched alkanes of at least 4 members (excludes halogenated alkanes) is 22. The first kappa shape index (κ1) is 43.1. The zero-order valence-corrected chi connectivity index (χ0v) is 32.3. The van der Waals surface area contributed by atoms with Gasteiger partial charge in [-0.1, -0.05) is 182 Å². The number of amides is 1. The molecule has 1 aliphatic heterocycles. The number of rotatable bonds is 34. The molecule has 4 nitrogen and oxygen atoms in total. The maximum Gasteiger partial charge on any atom is 0.219 e. The highest BCUT2D eigenvalue weighted by atomic mass is 16.1. The first-order valence-corrected chi connectivity index (χ1v) is 21.0. The molecule has 0 fully saturated rings. The van der Waals surface area contributed by atoms with Crippen LogP contribution in [-0.2, 0) is 4.79 Å². The number of quaternary nitrogens is 1. The quantitative estimate of drug-likeness (QED) is 0.0548. The summed E-state index contributed by atoms with van der Waals surface area (Å²) in [6, 6.07) is 0. The lowest BCUT2D eigenvalue weighted by atomic mass is 10.0. The van der Waals surface area contributed by atoms with Gasteiger partial charge in [-0.2, -0.15) is 0 Å². The van der Waals surface area contributed by atoms with E-state index in [1.54, 1.807) is 0 Å². The molecule has 1 atom stereocenters. The van der Waals surface area contributed by atoms with Gasteiger partial charge in [-0.25, -0.2) is 4.99 Å². The molecule has 1 rings (SSSR count). The van der Waals surface area contributed by atoms with Crippen molar-refractivity contribution < 1.29 is 9.28 Å². The molecule has 0 aliphatic carbocycles. The average molecular weight is 647 g/mol. The Morgan fingerprint density at radius 1 is 0.587 bits per heavy atom. The van der Waals surface area contributed by atoms with Crippen LogP contribution in [0.3, 0.4) is 0 Å². The molecule has 0 aromatic carbocycles. The Bertz CT molecular complexity index is 718. The summed E-state index contributed by atoms with van der Waals surface area (Å²) in [5, 5.41) is 3.20. The van der Waals surface area contributed by atoms with Gasteiger partial charge in [0.2, 0.25) is 5.91 Å². The molecule has 4 heteroatoms. The van der Waals surface area contributed by atoms with Gasteiger partial charge in [-0.05, 0) is 24.7 Å². The number of likely N-dealkylation sites (N-methyl/N-ethyl adjacent to an activating group) is 1. The molecule has 1 heterocycles. The van der Waals surface area contributed by atoms with E-state index in [1.165, 1.54) is 166 Å². The molecular weight excluding hydrogens is 562 g/mol. The van der Waals surface area contributed by atoms with E-state index in [1.807, 2.05) is 0 Å². The second-order valence-electron chi connectivity index (χ2n) is 16.2. The van der Waals surface area contributed by atoms with E-state index in [-0.39, 0.29) is 5.91 Å². The fourth-order valence-electron chi connectivity index (χ4n) is 7.24. The Labute approximate surface area is 289 Å². The third kappa shape index (κ3) is 26.1. The Balaban J connectivity index is 1.90. The van der Waals surface area contributed by atoms with Crippen LogP contribution in [0.4, 0.5) is 0 Å². The van der Waals surface area contributed by atoms with Gasteiger partial charge in [0.15, 0.2) is 5.84 Å². The van der Waals surface area contributed by atoms with E-state index in [4.69, 9.17) is 4.99 Å². The topological polar surface area (TPSA) is 41.5 Å². The third-order valence-corrected chi connectivity index (χ3v) is 10.5. The molecule has 0 aromatic rings. The van der Waals surface area contributed by atoms with Crippen LogP contribution in [0.2, 0.25) is 0 Å². The van der Waals surface area contributed by atoms with Crippen molar-refractivity contribution in [1.29, 1.82) is 0 Å². The van der Waals surface area contributed by atoms with Gasteiger partial charge < -0.3 is 5.32 Å². The van der Waals surface area contributed by atoms with Crippen molar-refractivity contribution in [3.05, 3.63) is 0 Å². The lowest BCUT2D eigenvalue weighted by Crippen LogP contribution is -2.48. The van der Waals surface area contributed by atoms with Gasteiger partial charge in [0.1, 0.15) is 6.54 Å². The molecule has 0 aromatic heterocycles. The van der Waals surface area contributed by atoms with E-state index in [0.717, 1.165) is 61.8 Å². The number of carbonyl (C=O) groups is 1. The molecule has 272 valence electrons. The minimum absolute atomic E-state index is 0.253. The van der Waals surface area contributed by atoms with Crippen molar-refractivity contribution >= 4 is 11.7 Å². The molecule has 1 unspecified atom stereocenters. The highest BCUT2D eigenvalue weighted by Crippen LogP contribution is 2.20. The van der Waals surface area contributed by atoms with Crippen LogP contribution in [0, 0.1) is 11.8 Å². The van der Waals surface area contributed by atoms with E-state index in [0.29, 0.717) is 6.42 Å². The lowest BCUT2D eigenvalue weighted by molar-refractivity contribution is -0.815. The Kier molecular flexibility index (Phi) is 28.3. The van der Waals surface area contributed by atoms with Crippen molar-refractivity contribution in [2.45, 2.75) is 214 Å². The molecule has 46 heavy (non-hydrogen) atoms. The average Bonchev–Trinajstić information content (AvgIpc) is 3.39. The Morgan fingerprint density at radius 3 is 1.41 bits per heavy atom. The lowest BCUT2D eigenvalue weighted by Gasteiger charge is -2.30. The van der Waals surface area contributed by atoms with E-state index in [2.05, 4.69) is 40.1 Å². The van der Waals surface area contributed by atoms with Crippen molar-refractivity contribution in [3.63, 3.8) is 0 Å². The van der Waals surface area contributed by atoms with Crippen LogP contribution in [0.1, 0.15) is 214 Å². The smallest absolute Gasteiger partial charge is 0.219 e. The second kappa shape index (κ2) is 30.2. The van der Waals surface area contributed by atoms with E-state index in [9.17, 15) is 4.79 Å². The number of carbonyl (C=O) groups excluding carboxylic acids is 1. The van der Waals surface area contributed by atoms with Gasteiger partial charge in [-0.15, -0.1) is 0 Å². The van der Waals surface area contributed by atoms with Gasteiger partial charge in [0, 0.05) is 25.8 Å². The molecule has 0 saturated heterocycles. The first-order chi connectivity index (χ1) is 22.3. The maximum atomic E-state index is 12.3. The van der Waals surface area contributed by atoms with Crippen LogP contribution in [0.15, 0.2) is 4.99 Å². The number of amidine groups is 1. The minimum atomic E-state index is 0.253. The number of hydrogen-bond donors (Lipinski definition) is 1. The molecule has 1 N–H and O–H groups in total. The predicted octanol–water partition coefficient (Wildman–Crippen LogP) is 12.6. The minimum Gasteiger partial charge on any atom is -0.356 e. The third-order valence-electron chi connectivity index (χ3n) is 10.5. The summed E-state index contributed by atoms with van der Waals surface area (Å²) in [5.41, 5.74) is 0. The van der Waals surface area contributed by atoms with Crippen molar-refractivity contribution in [3.8, 4) is 0 Å². The summed E-state index contributed by atoms with van der Waals surface area (Å²) in [4.78, 5) is 17.3. The van der Waals surface area contributed by atoms with Crippen molar-refractivity contribution in [1.82, 2.24) is 5.32 Å². The Morgan fingerprint density at radius 2 is 0.978 bits per heavy atom. The monoisotopic (exact) mass is 647 g/mol. The largest absolute Gasteiger partial charge is 0.356 e. The normalized spacial score (nSPS) is 16.5. The van der Waals surface area contributed by atoms with Gasteiger partial charge in [-0.3, -0.25) is 9.28 Å². The van der Waals surface area contributed by atoms with Gasteiger partial charge in [0.25, 0.3) is 0 Å². The summed E-state index contributed by atoms with van der Waals surface area (Å²) >= 11 is 0. The summed E-state index contributed by atoms with van der Waals surface area (Å²) in [5.74, 6) is 3.41. The van der Waals surface area contributed by atoms with Crippen LogP contribution in [0.5, 0.6) is 0 Å².